The maximum atomic E-state index is 14.9. The van der Waals surface area contributed by atoms with Gasteiger partial charge in [-0.2, -0.15) is 0 Å². The second kappa shape index (κ2) is 8.24. The number of primary amides is 1. The molecule has 0 fully saturated rings. The third-order valence-corrected chi connectivity index (χ3v) is 5.79. The van der Waals surface area contributed by atoms with Crippen molar-refractivity contribution in [1.82, 2.24) is 4.98 Å². The highest BCUT2D eigenvalue weighted by molar-refractivity contribution is 7.92. The van der Waals surface area contributed by atoms with Crippen molar-refractivity contribution < 1.29 is 26.8 Å². The molecule has 3 aromatic rings. The van der Waals surface area contributed by atoms with E-state index in [1.54, 1.807) is 30.3 Å². The van der Waals surface area contributed by atoms with Gasteiger partial charge in [-0.15, -0.1) is 0 Å². The molecular weight excluding hydrogens is 454 g/mol. The predicted octanol–water partition coefficient (Wildman–Crippen LogP) is 2.89. The Kier molecular flexibility index (Phi) is 5.58. The van der Waals surface area contributed by atoms with Gasteiger partial charge in [-0.1, -0.05) is 12.1 Å². The summed E-state index contributed by atoms with van der Waals surface area (Å²) >= 11 is 0. The number of carbonyl (C=O) groups excluding carboxylic acids is 2. The lowest BCUT2D eigenvalue weighted by molar-refractivity contribution is 0.0956. The standard InChI is InChI=1S/C22H18F2N4O4S/c1-33(31,32)28-17-6-5-16(23)18(19(17)24)20(29)15-10-27-22-14(15)8-13(9-26-22)11-3-2-4-12(7-11)21(25)30/h2-9,15,28H,10H2,1H3,(H2,25,30)(H,26,27). The van der Waals surface area contributed by atoms with E-state index in [2.05, 4.69) is 10.3 Å². The van der Waals surface area contributed by atoms with Crippen LogP contribution in [0, 0.1) is 11.6 Å². The average molecular weight is 472 g/mol. The number of nitrogens with one attached hydrogen (secondary N) is 2. The van der Waals surface area contributed by atoms with Crippen molar-refractivity contribution in [2.45, 2.75) is 5.92 Å². The van der Waals surface area contributed by atoms with Gasteiger partial charge >= 0.3 is 0 Å². The summed E-state index contributed by atoms with van der Waals surface area (Å²) in [5, 5.41) is 2.94. The first-order valence-corrected chi connectivity index (χ1v) is 11.6. The molecule has 33 heavy (non-hydrogen) atoms. The van der Waals surface area contributed by atoms with E-state index in [9.17, 15) is 26.8 Å². The van der Waals surface area contributed by atoms with Gasteiger partial charge in [-0.25, -0.2) is 22.2 Å². The van der Waals surface area contributed by atoms with E-state index in [4.69, 9.17) is 5.73 Å². The Balaban J connectivity index is 1.74. The van der Waals surface area contributed by atoms with Crippen LogP contribution in [0.15, 0.2) is 48.7 Å². The molecule has 2 aromatic carbocycles. The zero-order valence-electron chi connectivity index (χ0n) is 17.2. The van der Waals surface area contributed by atoms with Gasteiger partial charge in [0.1, 0.15) is 11.6 Å². The number of amides is 1. The van der Waals surface area contributed by atoms with Crippen molar-refractivity contribution in [2.75, 3.05) is 22.8 Å². The molecule has 0 bridgehead atoms. The summed E-state index contributed by atoms with van der Waals surface area (Å²) in [5.41, 5.74) is 5.87. The lowest BCUT2D eigenvalue weighted by Crippen LogP contribution is -2.20. The summed E-state index contributed by atoms with van der Waals surface area (Å²) in [4.78, 5) is 28.9. The number of ketones is 1. The summed E-state index contributed by atoms with van der Waals surface area (Å²) in [6.07, 6.45) is 2.35. The Morgan fingerprint density at radius 2 is 1.91 bits per heavy atom. The van der Waals surface area contributed by atoms with Gasteiger partial charge in [-0.3, -0.25) is 14.3 Å². The summed E-state index contributed by atoms with van der Waals surface area (Å²) in [6, 6.07) is 9.91. The van der Waals surface area contributed by atoms with Crippen molar-refractivity contribution in [3.05, 3.63) is 77.0 Å². The Morgan fingerprint density at radius 1 is 1.15 bits per heavy atom. The van der Waals surface area contributed by atoms with Crippen molar-refractivity contribution in [3.63, 3.8) is 0 Å². The van der Waals surface area contributed by atoms with E-state index in [0.717, 1.165) is 18.4 Å². The molecule has 4 N–H and O–H groups in total. The highest BCUT2D eigenvalue weighted by Crippen LogP contribution is 2.37. The number of benzene rings is 2. The monoisotopic (exact) mass is 472 g/mol. The Hall–Kier alpha value is -3.86. The number of nitrogens with zero attached hydrogens (tertiary/aromatic N) is 1. The molecule has 0 aliphatic carbocycles. The third-order valence-electron chi connectivity index (χ3n) is 5.20. The number of pyridine rings is 1. The van der Waals surface area contributed by atoms with Crippen LogP contribution in [-0.4, -0.2) is 37.9 Å². The van der Waals surface area contributed by atoms with Crippen LogP contribution in [0.4, 0.5) is 20.3 Å². The highest BCUT2D eigenvalue weighted by Gasteiger charge is 2.34. The lowest BCUT2D eigenvalue weighted by atomic mass is 9.91. The first-order valence-electron chi connectivity index (χ1n) is 9.69. The molecule has 0 saturated carbocycles. The fourth-order valence-electron chi connectivity index (χ4n) is 3.68. The van der Waals surface area contributed by atoms with Gasteiger partial charge in [0.15, 0.2) is 11.6 Å². The van der Waals surface area contributed by atoms with Gasteiger partial charge in [0.05, 0.1) is 23.4 Å². The number of hydrogen-bond donors (Lipinski definition) is 3. The average Bonchev–Trinajstić information content (AvgIpc) is 3.18. The smallest absolute Gasteiger partial charge is 0.248 e. The molecule has 1 aromatic heterocycles. The molecule has 11 heteroatoms. The zero-order chi connectivity index (χ0) is 23.9. The number of sulfonamides is 1. The summed E-state index contributed by atoms with van der Waals surface area (Å²) in [6.45, 7) is 0.0502. The largest absolute Gasteiger partial charge is 0.369 e. The molecule has 2 heterocycles. The molecule has 1 aliphatic heterocycles. The normalized spacial score (nSPS) is 14.9. The molecule has 4 rings (SSSR count). The second-order valence-corrected chi connectivity index (χ2v) is 9.31. The van der Waals surface area contributed by atoms with Crippen molar-refractivity contribution in [1.29, 1.82) is 0 Å². The van der Waals surface area contributed by atoms with Gasteiger partial charge in [0.25, 0.3) is 0 Å². The summed E-state index contributed by atoms with van der Waals surface area (Å²) in [7, 11) is -3.85. The maximum Gasteiger partial charge on any atom is 0.248 e. The Bertz CT molecular complexity index is 1410. The first kappa shape index (κ1) is 22.3. The molecular formula is C22H18F2N4O4S. The lowest BCUT2D eigenvalue weighted by Gasteiger charge is -2.14. The summed E-state index contributed by atoms with van der Waals surface area (Å²) in [5.74, 6) is -4.45. The van der Waals surface area contributed by atoms with Crippen molar-refractivity contribution in [2.24, 2.45) is 5.73 Å². The molecule has 0 spiro atoms. The summed E-state index contributed by atoms with van der Waals surface area (Å²) < 4.78 is 54.3. The second-order valence-electron chi connectivity index (χ2n) is 7.56. The molecule has 1 amide bonds. The fourth-order valence-corrected chi connectivity index (χ4v) is 4.24. The minimum absolute atomic E-state index is 0.0502. The number of anilines is 2. The number of aromatic nitrogens is 1. The highest BCUT2D eigenvalue weighted by atomic mass is 32.2. The number of carbonyl (C=O) groups is 2. The fraction of sp³-hybridized carbons (Fsp3) is 0.136. The topological polar surface area (TPSA) is 131 Å². The molecule has 1 atom stereocenters. The van der Waals surface area contributed by atoms with Crippen molar-refractivity contribution >= 4 is 33.2 Å². The van der Waals surface area contributed by atoms with Gasteiger partial charge in [0.2, 0.25) is 15.9 Å². The van der Waals surface area contributed by atoms with Crippen LogP contribution in [0.3, 0.4) is 0 Å². The van der Waals surface area contributed by atoms with Crippen LogP contribution in [0.5, 0.6) is 0 Å². The Labute approximate surface area is 187 Å². The SMILES string of the molecule is CS(=O)(=O)Nc1ccc(F)c(C(=O)C2CNc3ncc(-c4cccc(C(N)=O)c4)cc32)c1F. The third kappa shape index (κ3) is 4.40. The molecule has 8 nitrogen and oxygen atoms in total. The number of halogens is 2. The molecule has 1 unspecified atom stereocenters. The van der Waals surface area contributed by atoms with Gasteiger partial charge < -0.3 is 11.1 Å². The van der Waals surface area contributed by atoms with Crippen LogP contribution in [0.25, 0.3) is 11.1 Å². The quantitative estimate of drug-likeness (QED) is 0.473. The van der Waals surface area contributed by atoms with Crippen LogP contribution in [0.2, 0.25) is 0 Å². The molecule has 170 valence electrons. The van der Waals surface area contributed by atoms with Crippen LogP contribution < -0.4 is 15.8 Å². The van der Waals surface area contributed by atoms with Crippen molar-refractivity contribution in [3.8, 4) is 11.1 Å². The van der Waals surface area contributed by atoms with Crippen LogP contribution in [0.1, 0.15) is 32.2 Å². The number of hydrogen-bond acceptors (Lipinski definition) is 6. The van der Waals surface area contributed by atoms with E-state index in [1.807, 2.05) is 4.72 Å². The van der Waals surface area contributed by atoms with E-state index >= 15 is 0 Å². The van der Waals surface area contributed by atoms with E-state index in [0.29, 0.717) is 22.5 Å². The molecule has 1 aliphatic rings. The first-order chi connectivity index (χ1) is 15.5. The zero-order valence-corrected chi connectivity index (χ0v) is 18.0. The molecule has 0 radical (unpaired) electrons. The van der Waals surface area contributed by atoms with Crippen LogP contribution >= 0.6 is 0 Å². The molecule has 0 saturated heterocycles. The van der Waals surface area contributed by atoms with Gasteiger partial charge in [0, 0.05) is 29.4 Å². The minimum Gasteiger partial charge on any atom is -0.369 e. The predicted molar refractivity (Wildman–Crippen MR) is 119 cm³/mol. The number of fused-ring (bicyclic) bond motifs is 1. The number of rotatable bonds is 6. The minimum atomic E-state index is -3.85. The van der Waals surface area contributed by atoms with Gasteiger partial charge in [-0.05, 0) is 35.9 Å². The number of nitrogens with two attached hydrogens (primary N) is 1. The van der Waals surface area contributed by atoms with E-state index in [-0.39, 0.29) is 12.1 Å². The Morgan fingerprint density at radius 3 is 2.61 bits per heavy atom. The maximum absolute atomic E-state index is 14.9. The van der Waals surface area contributed by atoms with E-state index in [1.165, 1.54) is 6.20 Å². The van der Waals surface area contributed by atoms with E-state index < -0.39 is 50.5 Å². The number of Topliss-reactive ketones (excluding diaryl/α,β-unsaturated/α-hetero) is 1. The van der Waals surface area contributed by atoms with Crippen LogP contribution in [-0.2, 0) is 10.0 Å².